The van der Waals surface area contributed by atoms with Crippen LogP contribution < -0.4 is 5.32 Å². The van der Waals surface area contributed by atoms with Gasteiger partial charge in [-0.05, 0) is 41.5 Å². The van der Waals surface area contributed by atoms with E-state index in [1.165, 1.54) is 0 Å². The molecule has 1 saturated carbocycles. The highest BCUT2D eigenvalue weighted by Crippen LogP contribution is 2.39. The van der Waals surface area contributed by atoms with E-state index < -0.39 is 0 Å². The van der Waals surface area contributed by atoms with Gasteiger partial charge in [0.05, 0.1) is 30.5 Å². The van der Waals surface area contributed by atoms with Gasteiger partial charge in [0.2, 0.25) is 5.91 Å². The van der Waals surface area contributed by atoms with Crippen molar-refractivity contribution in [2.45, 2.75) is 18.8 Å². The SMILES string of the molecule is O=C(CNc1ccc(Cl)c(-n2nnnc2C2CC2)c1)N1CCOCC1. The maximum absolute atomic E-state index is 12.2. The summed E-state index contributed by atoms with van der Waals surface area (Å²) in [6.45, 7) is 2.70. The van der Waals surface area contributed by atoms with Crippen molar-refractivity contribution in [1.82, 2.24) is 25.1 Å². The van der Waals surface area contributed by atoms with Gasteiger partial charge in [0.15, 0.2) is 5.82 Å². The number of carbonyl (C=O) groups excluding carboxylic acids is 1. The van der Waals surface area contributed by atoms with Crippen LogP contribution in [0.4, 0.5) is 5.69 Å². The van der Waals surface area contributed by atoms with Crippen molar-refractivity contribution in [2.24, 2.45) is 0 Å². The fourth-order valence-corrected chi connectivity index (χ4v) is 3.05. The lowest BCUT2D eigenvalue weighted by molar-refractivity contribution is -0.133. The number of hydrogen-bond donors (Lipinski definition) is 1. The van der Waals surface area contributed by atoms with Crippen LogP contribution in [0.5, 0.6) is 0 Å². The number of tetrazole rings is 1. The number of amides is 1. The van der Waals surface area contributed by atoms with Gasteiger partial charge in [0.1, 0.15) is 0 Å². The lowest BCUT2D eigenvalue weighted by atomic mass is 10.2. The van der Waals surface area contributed by atoms with Gasteiger partial charge in [-0.2, -0.15) is 4.68 Å². The van der Waals surface area contributed by atoms with Gasteiger partial charge in [0.25, 0.3) is 0 Å². The summed E-state index contributed by atoms with van der Waals surface area (Å²) in [4.78, 5) is 14.1. The molecule has 1 aromatic carbocycles. The van der Waals surface area contributed by atoms with Crippen LogP contribution >= 0.6 is 11.6 Å². The van der Waals surface area contributed by atoms with E-state index in [2.05, 4.69) is 20.8 Å². The highest BCUT2D eigenvalue weighted by molar-refractivity contribution is 6.32. The molecule has 2 heterocycles. The molecule has 2 aliphatic rings. The van der Waals surface area contributed by atoms with Gasteiger partial charge in [0, 0.05) is 24.7 Å². The van der Waals surface area contributed by atoms with Crippen LogP contribution in [0.1, 0.15) is 24.6 Å². The summed E-state index contributed by atoms with van der Waals surface area (Å²) < 4.78 is 6.96. The molecule has 0 unspecified atom stereocenters. The van der Waals surface area contributed by atoms with E-state index in [9.17, 15) is 4.79 Å². The average Bonchev–Trinajstić information content (AvgIpc) is 3.38. The van der Waals surface area contributed by atoms with E-state index in [1.807, 2.05) is 12.1 Å². The molecule has 1 amide bonds. The molecular formula is C16H19ClN6O2. The Morgan fingerprint density at radius 1 is 1.32 bits per heavy atom. The maximum Gasteiger partial charge on any atom is 0.242 e. The molecule has 1 aromatic heterocycles. The number of ether oxygens (including phenoxy) is 1. The molecule has 2 aromatic rings. The Balaban J connectivity index is 1.47. The second-order valence-electron chi connectivity index (χ2n) is 6.24. The molecule has 4 rings (SSSR count). The van der Waals surface area contributed by atoms with Gasteiger partial charge in [-0.1, -0.05) is 11.6 Å². The number of rotatable bonds is 5. The van der Waals surface area contributed by atoms with Crippen molar-refractivity contribution >= 4 is 23.2 Å². The van der Waals surface area contributed by atoms with E-state index in [-0.39, 0.29) is 12.5 Å². The molecular weight excluding hydrogens is 344 g/mol. The van der Waals surface area contributed by atoms with E-state index in [1.54, 1.807) is 15.6 Å². The van der Waals surface area contributed by atoms with E-state index in [0.29, 0.717) is 37.2 Å². The first kappa shape index (κ1) is 16.3. The summed E-state index contributed by atoms with van der Waals surface area (Å²) in [6.07, 6.45) is 2.20. The molecule has 132 valence electrons. The van der Waals surface area contributed by atoms with Gasteiger partial charge in [-0.25, -0.2) is 0 Å². The number of nitrogens with one attached hydrogen (secondary N) is 1. The number of carbonyl (C=O) groups is 1. The van der Waals surface area contributed by atoms with Crippen molar-refractivity contribution < 1.29 is 9.53 Å². The number of aromatic nitrogens is 4. The number of hydrogen-bond acceptors (Lipinski definition) is 6. The molecule has 0 radical (unpaired) electrons. The van der Waals surface area contributed by atoms with Crippen LogP contribution in [0, 0.1) is 0 Å². The number of halogens is 1. The smallest absolute Gasteiger partial charge is 0.242 e. The highest BCUT2D eigenvalue weighted by atomic mass is 35.5. The lowest BCUT2D eigenvalue weighted by Gasteiger charge is -2.27. The van der Waals surface area contributed by atoms with E-state index >= 15 is 0 Å². The maximum atomic E-state index is 12.2. The van der Waals surface area contributed by atoms with Crippen molar-refractivity contribution in [3.63, 3.8) is 0 Å². The zero-order valence-corrected chi connectivity index (χ0v) is 14.4. The number of nitrogens with zero attached hydrogens (tertiary/aromatic N) is 5. The predicted molar refractivity (Wildman–Crippen MR) is 92.0 cm³/mol. The first-order valence-corrected chi connectivity index (χ1v) is 8.78. The van der Waals surface area contributed by atoms with Gasteiger partial charge < -0.3 is 15.0 Å². The summed E-state index contributed by atoms with van der Waals surface area (Å²) in [6, 6.07) is 5.51. The summed E-state index contributed by atoms with van der Waals surface area (Å²) in [7, 11) is 0. The fourth-order valence-electron chi connectivity index (χ4n) is 2.85. The Kier molecular flexibility index (Phi) is 4.54. The Labute approximate surface area is 150 Å². The van der Waals surface area contributed by atoms with Crippen LogP contribution in [0.15, 0.2) is 18.2 Å². The fraction of sp³-hybridized carbons (Fsp3) is 0.500. The van der Waals surface area contributed by atoms with Crippen molar-refractivity contribution in [3.05, 3.63) is 29.0 Å². The minimum atomic E-state index is 0.0564. The summed E-state index contributed by atoms with van der Waals surface area (Å²) in [5, 5.41) is 15.7. The predicted octanol–water partition coefficient (Wildman–Crippen LogP) is 1.46. The monoisotopic (exact) mass is 362 g/mol. The van der Waals surface area contributed by atoms with Gasteiger partial charge in [-0.3, -0.25) is 4.79 Å². The van der Waals surface area contributed by atoms with Crippen molar-refractivity contribution in [2.75, 3.05) is 38.2 Å². The van der Waals surface area contributed by atoms with Crippen molar-refractivity contribution in [1.29, 1.82) is 0 Å². The van der Waals surface area contributed by atoms with Crippen LogP contribution in [0.25, 0.3) is 5.69 Å². The van der Waals surface area contributed by atoms with Crippen LogP contribution in [-0.2, 0) is 9.53 Å². The third-order valence-corrected chi connectivity index (χ3v) is 4.74. The molecule has 1 aliphatic carbocycles. The van der Waals surface area contributed by atoms with Crippen molar-refractivity contribution in [3.8, 4) is 5.69 Å². The molecule has 2 fully saturated rings. The molecule has 0 atom stereocenters. The standard InChI is InChI=1S/C16H19ClN6O2/c17-13-4-3-12(18-10-15(24)22-5-7-25-8-6-22)9-14(13)23-16(11-1-2-11)19-20-21-23/h3-4,9,11,18H,1-2,5-8,10H2. The summed E-state index contributed by atoms with van der Waals surface area (Å²) in [5.41, 5.74) is 1.52. The highest BCUT2D eigenvalue weighted by Gasteiger charge is 2.30. The third kappa shape index (κ3) is 3.59. The third-order valence-electron chi connectivity index (χ3n) is 4.42. The quantitative estimate of drug-likeness (QED) is 0.866. The zero-order valence-electron chi connectivity index (χ0n) is 13.7. The molecule has 0 bridgehead atoms. The largest absolute Gasteiger partial charge is 0.378 e. The molecule has 1 aliphatic heterocycles. The first-order valence-electron chi connectivity index (χ1n) is 8.40. The van der Waals surface area contributed by atoms with E-state index in [0.717, 1.165) is 30.0 Å². The van der Waals surface area contributed by atoms with Crippen LogP contribution in [0.2, 0.25) is 5.02 Å². The molecule has 0 spiro atoms. The number of anilines is 1. The van der Waals surface area contributed by atoms with Crippen LogP contribution in [0.3, 0.4) is 0 Å². The molecule has 9 heteroatoms. The minimum Gasteiger partial charge on any atom is -0.378 e. The number of benzene rings is 1. The molecule has 25 heavy (non-hydrogen) atoms. The Bertz CT molecular complexity index is 770. The Hall–Kier alpha value is -2.19. The summed E-state index contributed by atoms with van der Waals surface area (Å²) >= 11 is 6.34. The normalized spacial score (nSPS) is 17.6. The van der Waals surface area contributed by atoms with Crippen LogP contribution in [-0.4, -0.2) is 63.9 Å². The van der Waals surface area contributed by atoms with Gasteiger partial charge in [-0.15, -0.1) is 5.10 Å². The topological polar surface area (TPSA) is 85.2 Å². The Morgan fingerprint density at radius 3 is 2.88 bits per heavy atom. The molecule has 1 saturated heterocycles. The second kappa shape index (κ2) is 6.97. The molecule has 1 N–H and O–H groups in total. The average molecular weight is 363 g/mol. The first-order chi connectivity index (χ1) is 12.2. The van der Waals surface area contributed by atoms with E-state index in [4.69, 9.17) is 16.3 Å². The van der Waals surface area contributed by atoms with Gasteiger partial charge >= 0.3 is 0 Å². The number of morpholine rings is 1. The lowest BCUT2D eigenvalue weighted by Crippen LogP contribution is -2.43. The second-order valence-corrected chi connectivity index (χ2v) is 6.64. The Morgan fingerprint density at radius 2 is 2.12 bits per heavy atom. The zero-order chi connectivity index (χ0) is 17.2. The minimum absolute atomic E-state index is 0.0564. The molecule has 8 nitrogen and oxygen atoms in total. The summed E-state index contributed by atoms with van der Waals surface area (Å²) in [5.74, 6) is 1.30.